The normalized spacial score (nSPS) is 15.7. The van der Waals surface area contributed by atoms with Crippen LogP contribution in [0, 0.1) is 0 Å². The molecule has 0 aliphatic carbocycles. The van der Waals surface area contributed by atoms with Crippen LogP contribution in [-0.2, 0) is 17.8 Å². The molecule has 1 atom stereocenters. The maximum Gasteiger partial charge on any atom is 0.263 e. The number of likely N-dealkylation sites (tertiary alicyclic amines) is 1. The Morgan fingerprint density at radius 2 is 1.80 bits per heavy atom. The molecule has 2 aromatic carbocycles. The standard InChI is InChI=1S/C27H31ClN4O2S/c1-18(33)31-23-12-14-32(17-23)16-20-5-3-19(4-6-20)11-13-30-27(34)26-24(29-2)15-25(35-26)21-7-9-22(28)10-8-21/h3-10,15,23,29H,11-14,16-17H2,1-2H3,(H,30,34)(H,31,33). The van der Waals surface area contributed by atoms with Gasteiger partial charge in [-0.1, -0.05) is 48.0 Å². The van der Waals surface area contributed by atoms with Crippen LogP contribution in [0.4, 0.5) is 5.69 Å². The third kappa shape index (κ3) is 6.84. The molecule has 35 heavy (non-hydrogen) atoms. The van der Waals surface area contributed by atoms with Crippen LogP contribution in [-0.4, -0.2) is 49.4 Å². The number of nitrogens with zero attached hydrogens (tertiary/aromatic N) is 1. The zero-order valence-corrected chi connectivity index (χ0v) is 21.6. The van der Waals surface area contributed by atoms with Crippen molar-refractivity contribution in [2.45, 2.75) is 32.4 Å². The highest BCUT2D eigenvalue weighted by Crippen LogP contribution is 2.35. The molecule has 1 saturated heterocycles. The fourth-order valence-electron chi connectivity index (χ4n) is 4.35. The Morgan fingerprint density at radius 1 is 1.09 bits per heavy atom. The highest BCUT2D eigenvalue weighted by atomic mass is 35.5. The average Bonchev–Trinajstić information content (AvgIpc) is 3.47. The number of hydrogen-bond acceptors (Lipinski definition) is 5. The molecule has 184 valence electrons. The van der Waals surface area contributed by atoms with Crippen molar-refractivity contribution in [1.29, 1.82) is 0 Å². The minimum Gasteiger partial charge on any atom is -0.387 e. The zero-order chi connectivity index (χ0) is 24.8. The van der Waals surface area contributed by atoms with E-state index < -0.39 is 0 Å². The predicted octanol–water partition coefficient (Wildman–Crippen LogP) is 4.79. The van der Waals surface area contributed by atoms with E-state index in [0.29, 0.717) is 16.4 Å². The number of carbonyl (C=O) groups excluding carboxylic acids is 2. The number of anilines is 1. The van der Waals surface area contributed by atoms with Crippen LogP contribution in [0.2, 0.25) is 5.02 Å². The first-order chi connectivity index (χ1) is 16.9. The van der Waals surface area contributed by atoms with Crippen LogP contribution in [0.15, 0.2) is 54.6 Å². The lowest BCUT2D eigenvalue weighted by molar-refractivity contribution is -0.119. The monoisotopic (exact) mass is 510 g/mol. The van der Waals surface area contributed by atoms with Gasteiger partial charge in [0.25, 0.3) is 5.91 Å². The van der Waals surface area contributed by atoms with Gasteiger partial charge in [0.1, 0.15) is 4.88 Å². The van der Waals surface area contributed by atoms with Crippen LogP contribution < -0.4 is 16.0 Å². The summed E-state index contributed by atoms with van der Waals surface area (Å²) in [7, 11) is 1.83. The van der Waals surface area contributed by atoms with Gasteiger partial charge in [0.05, 0.1) is 5.69 Å². The molecule has 2 amide bonds. The van der Waals surface area contributed by atoms with Crippen LogP contribution in [0.5, 0.6) is 0 Å². The van der Waals surface area contributed by atoms with Gasteiger partial charge < -0.3 is 16.0 Å². The first kappa shape index (κ1) is 25.2. The minimum absolute atomic E-state index is 0.0385. The molecule has 2 heterocycles. The van der Waals surface area contributed by atoms with E-state index in [4.69, 9.17) is 11.6 Å². The van der Waals surface area contributed by atoms with E-state index in [9.17, 15) is 9.59 Å². The molecule has 1 aromatic heterocycles. The van der Waals surface area contributed by atoms with E-state index in [0.717, 1.165) is 48.6 Å². The van der Waals surface area contributed by atoms with E-state index >= 15 is 0 Å². The lowest BCUT2D eigenvalue weighted by Gasteiger charge is -2.16. The summed E-state index contributed by atoms with van der Waals surface area (Å²) in [5.74, 6) is -0.0320. The molecule has 1 aliphatic heterocycles. The first-order valence-electron chi connectivity index (χ1n) is 11.8. The van der Waals surface area contributed by atoms with Crippen molar-refractivity contribution in [3.63, 3.8) is 0 Å². The summed E-state index contributed by atoms with van der Waals surface area (Å²) < 4.78 is 0. The van der Waals surface area contributed by atoms with Crippen molar-refractivity contribution < 1.29 is 9.59 Å². The minimum atomic E-state index is -0.0704. The van der Waals surface area contributed by atoms with Gasteiger partial charge >= 0.3 is 0 Å². The summed E-state index contributed by atoms with van der Waals surface area (Å²) in [6, 6.07) is 18.5. The van der Waals surface area contributed by atoms with Crippen molar-refractivity contribution in [1.82, 2.24) is 15.5 Å². The Morgan fingerprint density at radius 3 is 2.49 bits per heavy atom. The topological polar surface area (TPSA) is 73.5 Å². The van der Waals surface area contributed by atoms with E-state index in [-0.39, 0.29) is 17.9 Å². The van der Waals surface area contributed by atoms with Gasteiger partial charge in [-0.15, -0.1) is 11.3 Å². The van der Waals surface area contributed by atoms with E-state index in [2.05, 4.69) is 45.1 Å². The molecule has 0 radical (unpaired) electrons. The van der Waals surface area contributed by atoms with Crippen LogP contribution in [0.25, 0.3) is 10.4 Å². The second-order valence-corrected chi connectivity index (χ2v) is 10.3. The van der Waals surface area contributed by atoms with Crippen molar-refractivity contribution in [2.75, 3.05) is 32.0 Å². The quantitative estimate of drug-likeness (QED) is 0.387. The Labute approximate surface area is 215 Å². The summed E-state index contributed by atoms with van der Waals surface area (Å²) in [5, 5.41) is 9.89. The lowest BCUT2D eigenvalue weighted by Crippen LogP contribution is -2.35. The molecule has 4 rings (SSSR count). The smallest absolute Gasteiger partial charge is 0.263 e. The van der Waals surface area contributed by atoms with E-state index in [1.807, 2.05) is 37.4 Å². The van der Waals surface area contributed by atoms with Crippen molar-refractivity contribution >= 4 is 40.4 Å². The second-order valence-electron chi connectivity index (χ2n) is 8.85. The predicted molar refractivity (Wildman–Crippen MR) is 144 cm³/mol. The number of hydrogen-bond donors (Lipinski definition) is 3. The number of thiophene rings is 1. The summed E-state index contributed by atoms with van der Waals surface area (Å²) in [4.78, 5) is 28.2. The molecule has 3 N–H and O–H groups in total. The van der Waals surface area contributed by atoms with E-state index in [1.54, 1.807) is 6.92 Å². The van der Waals surface area contributed by atoms with Gasteiger partial charge in [0, 0.05) is 56.1 Å². The fraction of sp³-hybridized carbons (Fsp3) is 0.333. The van der Waals surface area contributed by atoms with Crippen molar-refractivity contribution in [3.8, 4) is 10.4 Å². The molecule has 0 saturated carbocycles. The fourth-order valence-corrected chi connectivity index (χ4v) is 5.57. The molecule has 0 bridgehead atoms. The molecule has 6 nitrogen and oxygen atoms in total. The Balaban J connectivity index is 1.27. The third-order valence-corrected chi connectivity index (χ3v) is 7.58. The van der Waals surface area contributed by atoms with Gasteiger partial charge in [0.15, 0.2) is 0 Å². The maximum absolute atomic E-state index is 12.9. The second kappa shape index (κ2) is 11.7. The zero-order valence-electron chi connectivity index (χ0n) is 20.1. The molecular weight excluding hydrogens is 480 g/mol. The summed E-state index contributed by atoms with van der Waals surface area (Å²) >= 11 is 7.47. The summed E-state index contributed by atoms with van der Waals surface area (Å²) in [6.07, 6.45) is 1.77. The molecule has 3 aromatic rings. The van der Waals surface area contributed by atoms with Crippen molar-refractivity contribution in [3.05, 3.63) is 75.6 Å². The van der Waals surface area contributed by atoms with Gasteiger partial charge in [-0.2, -0.15) is 0 Å². The highest BCUT2D eigenvalue weighted by molar-refractivity contribution is 7.18. The number of benzene rings is 2. The SMILES string of the molecule is CNc1cc(-c2ccc(Cl)cc2)sc1C(=O)NCCc1ccc(CN2CCC(NC(C)=O)C2)cc1. The highest BCUT2D eigenvalue weighted by Gasteiger charge is 2.22. The number of rotatable bonds is 9. The molecular formula is C27H31ClN4O2S. The van der Waals surface area contributed by atoms with Crippen molar-refractivity contribution in [2.24, 2.45) is 0 Å². The van der Waals surface area contributed by atoms with Gasteiger partial charge in [-0.25, -0.2) is 0 Å². The summed E-state index contributed by atoms with van der Waals surface area (Å²) in [5.41, 5.74) is 4.31. The maximum atomic E-state index is 12.9. The number of carbonyl (C=O) groups is 2. The average molecular weight is 511 g/mol. The molecule has 1 aliphatic rings. The molecule has 1 unspecified atom stereocenters. The van der Waals surface area contributed by atoms with Crippen LogP contribution in [0.1, 0.15) is 34.1 Å². The number of halogens is 1. The molecule has 1 fully saturated rings. The largest absolute Gasteiger partial charge is 0.387 e. The van der Waals surface area contributed by atoms with Gasteiger partial charge in [-0.3, -0.25) is 14.5 Å². The van der Waals surface area contributed by atoms with E-state index in [1.165, 1.54) is 22.5 Å². The Bertz CT molecular complexity index is 1160. The van der Waals surface area contributed by atoms with Crippen LogP contribution >= 0.6 is 22.9 Å². The Hall–Kier alpha value is -2.87. The lowest BCUT2D eigenvalue weighted by atomic mass is 10.1. The first-order valence-corrected chi connectivity index (χ1v) is 13.0. The van der Waals surface area contributed by atoms with Gasteiger partial charge in [0.2, 0.25) is 5.91 Å². The van der Waals surface area contributed by atoms with Crippen LogP contribution in [0.3, 0.4) is 0 Å². The number of amides is 2. The summed E-state index contributed by atoms with van der Waals surface area (Å²) in [6.45, 7) is 4.91. The third-order valence-electron chi connectivity index (χ3n) is 6.14. The molecule has 8 heteroatoms. The van der Waals surface area contributed by atoms with Gasteiger partial charge in [-0.05, 0) is 47.7 Å². The Kier molecular flexibility index (Phi) is 8.44. The number of nitrogens with one attached hydrogen (secondary N) is 3. The molecule has 0 spiro atoms.